The number of ether oxygens (including phenoxy) is 1. The first-order chi connectivity index (χ1) is 7.61. The molecule has 1 aromatic carbocycles. The molecule has 2 rings (SSSR count). The lowest BCUT2D eigenvalue weighted by molar-refractivity contribution is 0.166. The van der Waals surface area contributed by atoms with Gasteiger partial charge >= 0.3 is 0 Å². The Balaban J connectivity index is 1.94. The van der Waals surface area contributed by atoms with Gasteiger partial charge in [0.2, 0.25) is 0 Å². The van der Waals surface area contributed by atoms with Gasteiger partial charge in [0.05, 0.1) is 6.61 Å². The SMILES string of the molecule is Cc1ccc(OC2CCC(N)(CO)C2)cc1. The normalized spacial score (nSPS) is 29.3. The molecule has 16 heavy (non-hydrogen) atoms. The number of rotatable bonds is 3. The van der Waals surface area contributed by atoms with E-state index in [0.29, 0.717) is 0 Å². The third-order valence-corrected chi connectivity index (χ3v) is 3.24. The predicted octanol–water partition coefficient (Wildman–Crippen LogP) is 1.62. The minimum Gasteiger partial charge on any atom is -0.490 e. The Bertz CT molecular complexity index is 349. The van der Waals surface area contributed by atoms with Gasteiger partial charge in [0, 0.05) is 12.0 Å². The van der Waals surface area contributed by atoms with Crippen molar-refractivity contribution in [3.05, 3.63) is 29.8 Å². The van der Waals surface area contributed by atoms with Gasteiger partial charge < -0.3 is 15.6 Å². The fraction of sp³-hybridized carbons (Fsp3) is 0.538. The molecule has 0 bridgehead atoms. The molecule has 1 aromatic rings. The predicted molar refractivity (Wildman–Crippen MR) is 63.5 cm³/mol. The van der Waals surface area contributed by atoms with Gasteiger partial charge in [0.15, 0.2) is 0 Å². The molecule has 0 amide bonds. The van der Waals surface area contributed by atoms with Gasteiger partial charge in [-0.2, -0.15) is 0 Å². The van der Waals surface area contributed by atoms with Crippen molar-refractivity contribution < 1.29 is 9.84 Å². The molecule has 0 aliphatic heterocycles. The summed E-state index contributed by atoms with van der Waals surface area (Å²) in [4.78, 5) is 0. The molecule has 0 spiro atoms. The van der Waals surface area contributed by atoms with E-state index >= 15 is 0 Å². The highest BCUT2D eigenvalue weighted by Gasteiger charge is 2.36. The number of aliphatic hydroxyl groups excluding tert-OH is 1. The minimum atomic E-state index is -0.435. The van der Waals surface area contributed by atoms with Crippen LogP contribution in [0.2, 0.25) is 0 Å². The summed E-state index contributed by atoms with van der Waals surface area (Å²) >= 11 is 0. The maximum absolute atomic E-state index is 9.16. The van der Waals surface area contributed by atoms with E-state index in [2.05, 4.69) is 6.92 Å². The standard InChI is InChI=1S/C13H19NO2/c1-10-2-4-11(5-3-10)16-12-6-7-13(14,8-12)9-15/h2-5,12,15H,6-9,14H2,1H3. The number of nitrogens with two attached hydrogens (primary N) is 1. The second-order valence-electron chi connectivity index (χ2n) is 4.82. The lowest BCUT2D eigenvalue weighted by Gasteiger charge is -2.21. The molecule has 2 unspecified atom stereocenters. The Kier molecular flexibility index (Phi) is 3.17. The van der Waals surface area contributed by atoms with Crippen LogP contribution >= 0.6 is 0 Å². The Morgan fingerprint density at radius 1 is 1.44 bits per heavy atom. The molecule has 2 atom stereocenters. The molecular weight excluding hydrogens is 202 g/mol. The van der Waals surface area contributed by atoms with E-state index in [0.717, 1.165) is 25.0 Å². The van der Waals surface area contributed by atoms with Crippen molar-refractivity contribution in [2.75, 3.05) is 6.61 Å². The first-order valence-electron chi connectivity index (χ1n) is 5.74. The number of benzene rings is 1. The lowest BCUT2D eigenvalue weighted by atomic mass is 10.0. The van der Waals surface area contributed by atoms with Crippen LogP contribution in [0.3, 0.4) is 0 Å². The molecule has 1 saturated carbocycles. The molecule has 1 aliphatic carbocycles. The fourth-order valence-corrected chi connectivity index (χ4v) is 2.16. The van der Waals surface area contributed by atoms with Crippen LogP contribution in [0, 0.1) is 6.92 Å². The summed E-state index contributed by atoms with van der Waals surface area (Å²) in [6.45, 7) is 2.09. The summed E-state index contributed by atoms with van der Waals surface area (Å²) in [5.74, 6) is 0.887. The van der Waals surface area contributed by atoms with Crippen LogP contribution in [-0.2, 0) is 0 Å². The van der Waals surface area contributed by atoms with Crippen molar-refractivity contribution in [3.8, 4) is 5.75 Å². The average Bonchev–Trinajstić information content (AvgIpc) is 2.65. The quantitative estimate of drug-likeness (QED) is 0.815. The lowest BCUT2D eigenvalue weighted by Crippen LogP contribution is -2.41. The molecule has 0 saturated heterocycles. The van der Waals surface area contributed by atoms with Gasteiger partial charge in [0.25, 0.3) is 0 Å². The van der Waals surface area contributed by atoms with Gasteiger partial charge in [0.1, 0.15) is 11.9 Å². The van der Waals surface area contributed by atoms with Crippen molar-refractivity contribution in [1.29, 1.82) is 0 Å². The summed E-state index contributed by atoms with van der Waals surface area (Å²) < 4.78 is 5.84. The number of hydrogen-bond acceptors (Lipinski definition) is 3. The third kappa shape index (κ3) is 2.54. The number of aryl methyl sites for hydroxylation is 1. The Hall–Kier alpha value is -1.06. The smallest absolute Gasteiger partial charge is 0.119 e. The summed E-state index contributed by atoms with van der Waals surface area (Å²) in [7, 11) is 0. The van der Waals surface area contributed by atoms with Crippen molar-refractivity contribution in [1.82, 2.24) is 0 Å². The van der Waals surface area contributed by atoms with E-state index in [-0.39, 0.29) is 12.7 Å². The van der Waals surface area contributed by atoms with E-state index in [9.17, 15) is 0 Å². The minimum absolute atomic E-state index is 0.0424. The summed E-state index contributed by atoms with van der Waals surface area (Å²) in [5, 5.41) is 9.16. The van der Waals surface area contributed by atoms with E-state index < -0.39 is 5.54 Å². The Morgan fingerprint density at radius 2 is 2.12 bits per heavy atom. The molecule has 0 aromatic heterocycles. The first kappa shape index (κ1) is 11.4. The summed E-state index contributed by atoms with van der Waals surface area (Å²) in [6, 6.07) is 8.02. The largest absolute Gasteiger partial charge is 0.490 e. The summed E-state index contributed by atoms with van der Waals surface area (Å²) in [6.07, 6.45) is 2.63. The average molecular weight is 221 g/mol. The van der Waals surface area contributed by atoms with Gasteiger partial charge in [-0.25, -0.2) is 0 Å². The highest BCUT2D eigenvalue weighted by Crippen LogP contribution is 2.30. The zero-order valence-corrected chi connectivity index (χ0v) is 9.65. The molecule has 0 heterocycles. The maximum atomic E-state index is 9.16. The Labute approximate surface area is 96.2 Å². The highest BCUT2D eigenvalue weighted by atomic mass is 16.5. The van der Waals surface area contributed by atoms with Crippen LogP contribution in [0.5, 0.6) is 5.75 Å². The highest BCUT2D eigenvalue weighted by molar-refractivity contribution is 5.26. The van der Waals surface area contributed by atoms with Crippen LogP contribution < -0.4 is 10.5 Å². The van der Waals surface area contributed by atoms with Gasteiger partial charge in [-0.3, -0.25) is 0 Å². The fourth-order valence-electron chi connectivity index (χ4n) is 2.16. The molecule has 3 nitrogen and oxygen atoms in total. The maximum Gasteiger partial charge on any atom is 0.119 e. The molecule has 3 heteroatoms. The van der Waals surface area contributed by atoms with E-state index in [1.165, 1.54) is 5.56 Å². The zero-order chi connectivity index (χ0) is 11.6. The monoisotopic (exact) mass is 221 g/mol. The van der Waals surface area contributed by atoms with Crippen molar-refractivity contribution in [2.45, 2.75) is 37.8 Å². The van der Waals surface area contributed by atoms with Crippen LogP contribution in [0.25, 0.3) is 0 Å². The van der Waals surface area contributed by atoms with Gasteiger partial charge in [-0.15, -0.1) is 0 Å². The van der Waals surface area contributed by atoms with E-state index in [1.807, 2.05) is 24.3 Å². The van der Waals surface area contributed by atoms with Crippen molar-refractivity contribution >= 4 is 0 Å². The first-order valence-corrected chi connectivity index (χ1v) is 5.74. The van der Waals surface area contributed by atoms with E-state index in [4.69, 9.17) is 15.6 Å². The van der Waals surface area contributed by atoms with Crippen LogP contribution in [-0.4, -0.2) is 23.4 Å². The van der Waals surface area contributed by atoms with Crippen molar-refractivity contribution in [3.63, 3.8) is 0 Å². The Morgan fingerprint density at radius 3 is 2.69 bits per heavy atom. The molecule has 1 aliphatic rings. The summed E-state index contributed by atoms with van der Waals surface area (Å²) in [5.41, 5.74) is 6.79. The zero-order valence-electron chi connectivity index (χ0n) is 9.65. The van der Waals surface area contributed by atoms with Crippen LogP contribution in [0.4, 0.5) is 0 Å². The third-order valence-electron chi connectivity index (χ3n) is 3.24. The molecular formula is C13H19NO2. The molecule has 0 radical (unpaired) electrons. The van der Waals surface area contributed by atoms with Crippen LogP contribution in [0.15, 0.2) is 24.3 Å². The number of hydrogen-bond donors (Lipinski definition) is 2. The van der Waals surface area contributed by atoms with Crippen LogP contribution in [0.1, 0.15) is 24.8 Å². The van der Waals surface area contributed by atoms with Gasteiger partial charge in [-0.05, 0) is 31.9 Å². The van der Waals surface area contributed by atoms with Gasteiger partial charge in [-0.1, -0.05) is 17.7 Å². The molecule has 1 fully saturated rings. The topological polar surface area (TPSA) is 55.5 Å². The van der Waals surface area contributed by atoms with E-state index in [1.54, 1.807) is 0 Å². The molecule has 88 valence electrons. The second-order valence-corrected chi connectivity index (χ2v) is 4.82. The van der Waals surface area contributed by atoms with Crippen molar-refractivity contribution in [2.24, 2.45) is 5.73 Å². The second kappa shape index (κ2) is 4.44. The molecule has 3 N–H and O–H groups in total. The number of aliphatic hydroxyl groups is 1.